The molecule has 0 heterocycles. The van der Waals surface area contributed by atoms with E-state index < -0.39 is 17.1 Å². The fourth-order valence-corrected chi connectivity index (χ4v) is 0.185. The number of hydrogen-bond acceptors (Lipinski definition) is 2. The van der Waals surface area contributed by atoms with Crippen LogP contribution in [0.15, 0.2) is 4.40 Å². The molecule has 0 aromatic heterocycles. The third-order valence-electron chi connectivity index (χ3n) is 0.157. The summed E-state index contributed by atoms with van der Waals surface area (Å²) in [7, 11) is -3.30. The molecule has 0 N–H and O–H groups in total. The molecule has 0 aromatic carbocycles. The van der Waals surface area contributed by atoms with Crippen LogP contribution in [0.2, 0.25) is 0 Å². The average molecular weight is 129 g/mol. The first-order valence-corrected chi connectivity index (χ1v) is 2.30. The smallest absolute Gasteiger partial charge is 0.208 e. The standard InChI is InChI=1S/CHF2NO2S/c2-1(3)4-7(5)6/h7H. The summed E-state index contributed by atoms with van der Waals surface area (Å²) in [5.41, 5.74) is 0. The molecule has 0 aliphatic heterocycles. The summed E-state index contributed by atoms with van der Waals surface area (Å²) >= 11 is 0. The minimum Gasteiger partial charge on any atom is -0.208 e. The first-order chi connectivity index (χ1) is 3.13. The summed E-state index contributed by atoms with van der Waals surface area (Å²) in [5.74, 6) is 0. The number of hydrogen-bond donors (Lipinski definition) is 1. The van der Waals surface area contributed by atoms with E-state index in [1.807, 2.05) is 4.40 Å². The van der Waals surface area contributed by atoms with Crippen LogP contribution in [0.1, 0.15) is 0 Å². The van der Waals surface area contributed by atoms with Gasteiger partial charge in [-0.2, -0.15) is 0 Å². The summed E-state index contributed by atoms with van der Waals surface area (Å²) in [5, 5.41) is 0. The van der Waals surface area contributed by atoms with E-state index in [9.17, 15) is 17.2 Å². The van der Waals surface area contributed by atoms with Gasteiger partial charge in [0.15, 0.2) is 0 Å². The molecule has 0 atom stereocenters. The lowest BCUT2D eigenvalue weighted by Gasteiger charge is -1.65. The topological polar surface area (TPSA) is 46.5 Å². The number of thiol groups is 1. The van der Waals surface area contributed by atoms with Crippen LogP contribution in [0, 0.1) is 0 Å². The quantitative estimate of drug-likeness (QED) is 0.394. The van der Waals surface area contributed by atoms with Gasteiger partial charge in [0.2, 0.25) is 10.9 Å². The Morgan fingerprint density at radius 2 is 1.86 bits per heavy atom. The van der Waals surface area contributed by atoms with Crippen LogP contribution in [0.5, 0.6) is 0 Å². The van der Waals surface area contributed by atoms with Gasteiger partial charge in [0.05, 0.1) is 0 Å². The van der Waals surface area contributed by atoms with Gasteiger partial charge in [-0.25, -0.2) is 8.42 Å². The third-order valence-corrected chi connectivity index (χ3v) is 0.472. The Hall–Kier alpha value is -0.520. The number of rotatable bonds is 1. The molecule has 0 aromatic rings. The highest BCUT2D eigenvalue weighted by Crippen LogP contribution is 1.79. The van der Waals surface area contributed by atoms with Gasteiger partial charge in [0, 0.05) is 0 Å². The summed E-state index contributed by atoms with van der Waals surface area (Å²) < 4.78 is 41.5. The molecular weight excluding hydrogens is 128 g/mol. The van der Waals surface area contributed by atoms with Crippen LogP contribution in [-0.2, 0) is 10.9 Å². The Morgan fingerprint density at radius 3 is 1.86 bits per heavy atom. The normalized spacial score (nSPS) is 9.00. The van der Waals surface area contributed by atoms with Crippen LogP contribution in [0.4, 0.5) is 8.78 Å². The van der Waals surface area contributed by atoms with Crippen molar-refractivity contribution in [3.05, 3.63) is 0 Å². The lowest BCUT2D eigenvalue weighted by molar-refractivity contribution is 0.600. The second kappa shape index (κ2) is 2.62. The minimum atomic E-state index is -3.30. The fraction of sp³-hybridized carbons (Fsp3) is 0. The first kappa shape index (κ1) is 6.48. The average Bonchev–Trinajstić information content (AvgIpc) is 1.27. The van der Waals surface area contributed by atoms with Gasteiger partial charge in [-0.1, -0.05) is 0 Å². The Labute approximate surface area is 39.8 Å². The maximum absolute atomic E-state index is 10.7. The van der Waals surface area contributed by atoms with Gasteiger partial charge in [-0.3, -0.25) is 0 Å². The van der Waals surface area contributed by atoms with Crippen molar-refractivity contribution >= 4 is 17.1 Å². The molecule has 0 radical (unpaired) electrons. The molecule has 0 amide bonds. The van der Waals surface area contributed by atoms with E-state index in [1.165, 1.54) is 0 Å². The van der Waals surface area contributed by atoms with Crippen molar-refractivity contribution in [3.8, 4) is 0 Å². The van der Waals surface area contributed by atoms with E-state index in [-0.39, 0.29) is 0 Å². The Kier molecular flexibility index (Phi) is 2.42. The summed E-state index contributed by atoms with van der Waals surface area (Å²) in [6.07, 6.45) is -2.43. The van der Waals surface area contributed by atoms with Crippen molar-refractivity contribution < 1.29 is 17.2 Å². The molecule has 0 unspecified atom stereocenters. The maximum atomic E-state index is 10.7. The van der Waals surface area contributed by atoms with Crippen LogP contribution < -0.4 is 0 Å². The Balaban J connectivity index is 3.94. The largest absolute Gasteiger partial charge is 0.375 e. The zero-order valence-electron chi connectivity index (χ0n) is 2.97. The molecule has 0 spiro atoms. The molecular formula is CHF2NO2S. The fourth-order valence-electron chi connectivity index (χ4n) is 0.0617. The van der Waals surface area contributed by atoms with Gasteiger partial charge in [-0.05, 0) is 0 Å². The lowest BCUT2D eigenvalue weighted by Crippen LogP contribution is -1.74. The van der Waals surface area contributed by atoms with E-state index in [0.717, 1.165) is 0 Å². The molecule has 0 saturated heterocycles. The van der Waals surface area contributed by atoms with E-state index >= 15 is 0 Å². The maximum Gasteiger partial charge on any atom is 0.375 e. The van der Waals surface area contributed by atoms with Crippen LogP contribution in [0.3, 0.4) is 0 Å². The van der Waals surface area contributed by atoms with Gasteiger partial charge >= 0.3 is 6.22 Å². The minimum absolute atomic E-state index is 1.81. The molecule has 3 nitrogen and oxygen atoms in total. The van der Waals surface area contributed by atoms with E-state index in [2.05, 4.69) is 0 Å². The van der Waals surface area contributed by atoms with Gasteiger partial charge in [0.1, 0.15) is 0 Å². The highest BCUT2D eigenvalue weighted by molar-refractivity contribution is 7.71. The molecule has 6 heteroatoms. The number of nitrogens with zero attached hydrogens (tertiary/aromatic N) is 1. The van der Waals surface area contributed by atoms with Crippen LogP contribution in [-0.4, -0.2) is 14.6 Å². The number of halogens is 2. The van der Waals surface area contributed by atoms with Gasteiger partial charge in [0.25, 0.3) is 0 Å². The molecule has 0 aliphatic rings. The monoisotopic (exact) mass is 129 g/mol. The van der Waals surface area contributed by atoms with Gasteiger partial charge < -0.3 is 0 Å². The van der Waals surface area contributed by atoms with Crippen molar-refractivity contribution in [1.29, 1.82) is 0 Å². The highest BCUT2D eigenvalue weighted by Gasteiger charge is 1.85. The van der Waals surface area contributed by atoms with E-state index in [4.69, 9.17) is 0 Å². The summed E-state index contributed by atoms with van der Waals surface area (Å²) in [6, 6.07) is 0. The predicted molar refractivity (Wildman–Crippen MR) is 20.0 cm³/mol. The highest BCUT2D eigenvalue weighted by atomic mass is 32.2. The zero-order chi connectivity index (χ0) is 5.86. The molecule has 42 valence electrons. The van der Waals surface area contributed by atoms with Crippen molar-refractivity contribution in [2.24, 2.45) is 4.40 Å². The molecule has 0 aliphatic carbocycles. The second-order valence-corrected chi connectivity index (χ2v) is 1.25. The summed E-state index contributed by atoms with van der Waals surface area (Å²) in [4.78, 5) is 0. The van der Waals surface area contributed by atoms with Crippen molar-refractivity contribution in [3.63, 3.8) is 0 Å². The van der Waals surface area contributed by atoms with E-state index in [1.54, 1.807) is 0 Å². The Bertz CT molecular complexity index is 138. The van der Waals surface area contributed by atoms with Crippen LogP contribution >= 0.6 is 0 Å². The molecule has 0 saturated carbocycles. The molecule has 0 bridgehead atoms. The van der Waals surface area contributed by atoms with Crippen molar-refractivity contribution in [1.82, 2.24) is 0 Å². The van der Waals surface area contributed by atoms with Crippen molar-refractivity contribution in [2.45, 2.75) is 0 Å². The van der Waals surface area contributed by atoms with Gasteiger partial charge in [-0.15, -0.1) is 13.2 Å². The second-order valence-electron chi connectivity index (χ2n) is 0.578. The SMILES string of the molecule is O=[SH](=O)N=C(F)F. The summed E-state index contributed by atoms with van der Waals surface area (Å²) in [6.45, 7) is 0. The van der Waals surface area contributed by atoms with Crippen molar-refractivity contribution in [2.75, 3.05) is 0 Å². The van der Waals surface area contributed by atoms with Crippen LogP contribution in [0.25, 0.3) is 0 Å². The Morgan fingerprint density at radius 1 is 1.43 bits per heavy atom. The third kappa shape index (κ3) is 5.48. The molecule has 0 rings (SSSR count). The lowest BCUT2D eigenvalue weighted by atomic mass is 11.5. The molecule has 0 fully saturated rings. The predicted octanol–water partition coefficient (Wildman–Crippen LogP) is -0.192. The van der Waals surface area contributed by atoms with E-state index in [0.29, 0.717) is 0 Å². The molecule has 7 heavy (non-hydrogen) atoms. The zero-order valence-corrected chi connectivity index (χ0v) is 3.86. The first-order valence-electron chi connectivity index (χ1n) is 1.17.